The standard InChI is InChI=1S/C15H27NO2/c1-11(2)13-3-5-14(6-4-13)16-8-7-12(10-16)9-15(17)18/h11-14H,3-10H2,1-2H3,(H,17,18). The number of carboxylic acid groups (broad SMARTS) is 1. The summed E-state index contributed by atoms with van der Waals surface area (Å²) in [4.78, 5) is 13.3. The van der Waals surface area contributed by atoms with E-state index in [4.69, 9.17) is 5.11 Å². The van der Waals surface area contributed by atoms with Gasteiger partial charge in [0.05, 0.1) is 0 Å². The molecule has 1 N–H and O–H groups in total. The fourth-order valence-corrected chi connectivity index (χ4v) is 3.74. The lowest BCUT2D eigenvalue weighted by atomic mass is 9.79. The Kier molecular flexibility index (Phi) is 4.66. The lowest BCUT2D eigenvalue weighted by Gasteiger charge is -2.36. The molecule has 104 valence electrons. The third-order valence-corrected chi connectivity index (χ3v) is 4.98. The van der Waals surface area contributed by atoms with Crippen LogP contribution < -0.4 is 0 Å². The normalized spacial score (nSPS) is 34.1. The fraction of sp³-hybridized carbons (Fsp3) is 0.933. The van der Waals surface area contributed by atoms with Gasteiger partial charge in [0.2, 0.25) is 0 Å². The topological polar surface area (TPSA) is 40.5 Å². The number of hydrogen-bond donors (Lipinski definition) is 1. The van der Waals surface area contributed by atoms with Gasteiger partial charge in [-0.05, 0) is 56.4 Å². The molecule has 2 rings (SSSR count). The summed E-state index contributed by atoms with van der Waals surface area (Å²) < 4.78 is 0. The van der Waals surface area contributed by atoms with Crippen LogP contribution in [0.1, 0.15) is 52.4 Å². The Bertz CT molecular complexity index is 282. The maximum absolute atomic E-state index is 10.7. The van der Waals surface area contributed by atoms with Crippen LogP contribution >= 0.6 is 0 Å². The second-order valence-electron chi connectivity index (χ2n) is 6.56. The summed E-state index contributed by atoms with van der Waals surface area (Å²) in [5.41, 5.74) is 0. The maximum atomic E-state index is 10.7. The molecule has 0 aromatic carbocycles. The van der Waals surface area contributed by atoms with Crippen molar-refractivity contribution >= 4 is 5.97 Å². The van der Waals surface area contributed by atoms with Crippen LogP contribution in [-0.2, 0) is 4.79 Å². The van der Waals surface area contributed by atoms with Crippen molar-refractivity contribution in [3.05, 3.63) is 0 Å². The molecule has 1 aliphatic carbocycles. The number of likely N-dealkylation sites (tertiary alicyclic amines) is 1. The minimum Gasteiger partial charge on any atom is -0.481 e. The zero-order valence-electron chi connectivity index (χ0n) is 11.8. The Morgan fingerprint density at radius 3 is 2.44 bits per heavy atom. The Morgan fingerprint density at radius 1 is 1.22 bits per heavy atom. The zero-order chi connectivity index (χ0) is 13.1. The largest absolute Gasteiger partial charge is 0.481 e. The lowest BCUT2D eigenvalue weighted by molar-refractivity contribution is -0.138. The van der Waals surface area contributed by atoms with Crippen molar-refractivity contribution in [3.8, 4) is 0 Å². The first kappa shape index (κ1) is 13.9. The minimum absolute atomic E-state index is 0.359. The van der Waals surface area contributed by atoms with Crippen LogP contribution in [0.25, 0.3) is 0 Å². The summed E-state index contributed by atoms with van der Waals surface area (Å²) in [6.45, 7) is 6.81. The molecule has 0 amide bonds. The van der Waals surface area contributed by atoms with Crippen LogP contribution in [-0.4, -0.2) is 35.1 Å². The summed E-state index contributed by atoms with van der Waals surface area (Å²) in [5, 5.41) is 8.85. The van der Waals surface area contributed by atoms with Crippen LogP contribution in [0.4, 0.5) is 0 Å². The van der Waals surface area contributed by atoms with Crippen molar-refractivity contribution < 1.29 is 9.90 Å². The van der Waals surface area contributed by atoms with Gasteiger partial charge in [0.25, 0.3) is 0 Å². The van der Waals surface area contributed by atoms with Gasteiger partial charge < -0.3 is 10.0 Å². The molecule has 1 saturated carbocycles. The predicted molar refractivity (Wildman–Crippen MR) is 72.5 cm³/mol. The highest BCUT2D eigenvalue weighted by atomic mass is 16.4. The van der Waals surface area contributed by atoms with Gasteiger partial charge in [0, 0.05) is 19.0 Å². The molecule has 0 radical (unpaired) electrons. The van der Waals surface area contributed by atoms with Gasteiger partial charge in [-0.1, -0.05) is 13.8 Å². The quantitative estimate of drug-likeness (QED) is 0.837. The number of nitrogens with zero attached hydrogens (tertiary/aromatic N) is 1. The molecule has 0 bridgehead atoms. The van der Waals surface area contributed by atoms with E-state index in [0.717, 1.165) is 37.4 Å². The van der Waals surface area contributed by atoms with E-state index < -0.39 is 5.97 Å². The summed E-state index contributed by atoms with van der Waals surface area (Å²) in [6, 6.07) is 0.735. The lowest BCUT2D eigenvalue weighted by Crippen LogP contribution is -2.37. The first-order valence-corrected chi connectivity index (χ1v) is 7.52. The van der Waals surface area contributed by atoms with Crippen LogP contribution in [0.2, 0.25) is 0 Å². The number of rotatable bonds is 4. The predicted octanol–water partition coefficient (Wildman–Crippen LogP) is 3.00. The summed E-state index contributed by atoms with van der Waals surface area (Å²) >= 11 is 0. The van der Waals surface area contributed by atoms with Gasteiger partial charge in [0.1, 0.15) is 0 Å². The number of hydrogen-bond acceptors (Lipinski definition) is 2. The van der Waals surface area contributed by atoms with E-state index in [1.165, 1.54) is 25.7 Å². The molecule has 2 fully saturated rings. The van der Waals surface area contributed by atoms with Crippen molar-refractivity contribution in [1.29, 1.82) is 0 Å². The molecule has 2 aliphatic rings. The fourth-order valence-electron chi connectivity index (χ4n) is 3.74. The number of carboxylic acids is 1. The van der Waals surface area contributed by atoms with Gasteiger partial charge in [-0.25, -0.2) is 0 Å². The van der Waals surface area contributed by atoms with Crippen LogP contribution in [0.15, 0.2) is 0 Å². The molecular formula is C15H27NO2. The van der Waals surface area contributed by atoms with E-state index in [-0.39, 0.29) is 0 Å². The van der Waals surface area contributed by atoms with Crippen LogP contribution in [0.3, 0.4) is 0 Å². The zero-order valence-corrected chi connectivity index (χ0v) is 11.8. The van der Waals surface area contributed by atoms with Gasteiger partial charge in [-0.2, -0.15) is 0 Å². The van der Waals surface area contributed by atoms with Crippen molar-refractivity contribution in [3.63, 3.8) is 0 Å². The molecular weight excluding hydrogens is 226 g/mol. The van der Waals surface area contributed by atoms with E-state index in [1.54, 1.807) is 0 Å². The third kappa shape index (κ3) is 3.47. The molecule has 18 heavy (non-hydrogen) atoms. The Balaban J connectivity index is 1.76. The van der Waals surface area contributed by atoms with Crippen LogP contribution in [0, 0.1) is 17.8 Å². The minimum atomic E-state index is -0.634. The van der Waals surface area contributed by atoms with Crippen molar-refractivity contribution in [2.75, 3.05) is 13.1 Å². The molecule has 0 spiro atoms. The summed E-state index contributed by atoms with van der Waals surface area (Å²) in [7, 11) is 0. The molecule has 1 heterocycles. The maximum Gasteiger partial charge on any atom is 0.303 e. The van der Waals surface area contributed by atoms with Gasteiger partial charge in [0.15, 0.2) is 0 Å². The third-order valence-electron chi connectivity index (χ3n) is 4.98. The number of aliphatic carboxylic acids is 1. The van der Waals surface area contributed by atoms with Gasteiger partial charge >= 0.3 is 5.97 Å². The highest BCUT2D eigenvalue weighted by Gasteiger charge is 2.32. The monoisotopic (exact) mass is 253 g/mol. The first-order valence-electron chi connectivity index (χ1n) is 7.52. The van der Waals surface area contributed by atoms with Crippen molar-refractivity contribution in [2.45, 2.75) is 58.4 Å². The van der Waals surface area contributed by atoms with Gasteiger partial charge in [-0.3, -0.25) is 4.79 Å². The molecule has 0 aromatic heterocycles. The first-order chi connectivity index (χ1) is 8.56. The summed E-state index contributed by atoms with van der Waals surface area (Å²) in [6.07, 6.45) is 6.81. The van der Waals surface area contributed by atoms with Gasteiger partial charge in [-0.15, -0.1) is 0 Å². The Labute approximate surface area is 111 Å². The molecule has 1 aliphatic heterocycles. The highest BCUT2D eigenvalue weighted by molar-refractivity contribution is 5.67. The second-order valence-corrected chi connectivity index (χ2v) is 6.56. The average molecular weight is 253 g/mol. The average Bonchev–Trinajstić information content (AvgIpc) is 2.76. The molecule has 3 heteroatoms. The van der Waals surface area contributed by atoms with Crippen molar-refractivity contribution in [1.82, 2.24) is 4.90 Å². The van der Waals surface area contributed by atoms with Crippen LogP contribution in [0.5, 0.6) is 0 Å². The molecule has 3 nitrogen and oxygen atoms in total. The Hall–Kier alpha value is -0.570. The summed E-state index contributed by atoms with van der Waals surface area (Å²) in [5.74, 6) is 1.50. The molecule has 0 aromatic rings. The molecule has 1 saturated heterocycles. The SMILES string of the molecule is CC(C)C1CCC(N2CCC(CC(=O)O)C2)CC1. The second kappa shape index (κ2) is 6.05. The smallest absolute Gasteiger partial charge is 0.303 e. The van der Waals surface area contributed by atoms with E-state index in [1.807, 2.05) is 0 Å². The molecule has 1 unspecified atom stereocenters. The Morgan fingerprint density at radius 2 is 1.89 bits per heavy atom. The van der Waals surface area contributed by atoms with Crippen molar-refractivity contribution in [2.24, 2.45) is 17.8 Å². The van der Waals surface area contributed by atoms with E-state index in [9.17, 15) is 4.79 Å². The molecule has 1 atom stereocenters. The highest BCUT2D eigenvalue weighted by Crippen LogP contribution is 2.34. The number of carbonyl (C=O) groups is 1. The van der Waals surface area contributed by atoms with E-state index in [0.29, 0.717) is 12.3 Å². The van der Waals surface area contributed by atoms with E-state index >= 15 is 0 Å². The van der Waals surface area contributed by atoms with E-state index in [2.05, 4.69) is 18.7 Å².